The molecule has 0 spiro atoms. The first-order valence-corrected chi connectivity index (χ1v) is 12.4. The van der Waals surface area contributed by atoms with Crippen LogP contribution in [0.5, 0.6) is 0 Å². The summed E-state index contributed by atoms with van der Waals surface area (Å²) in [5.74, 6) is -3.92. The summed E-state index contributed by atoms with van der Waals surface area (Å²) in [5.41, 5.74) is 4.94. The van der Waals surface area contributed by atoms with Gasteiger partial charge in [0.2, 0.25) is 29.5 Å². The Morgan fingerprint density at radius 3 is 1.84 bits per heavy atom. The Labute approximate surface area is 219 Å². The molecule has 0 fully saturated rings. The molecular weight excluding hydrogens is 482 g/mol. The molecule has 6 N–H and O–H groups in total. The van der Waals surface area contributed by atoms with E-state index in [1.54, 1.807) is 34.6 Å². The number of nitrogens with zero attached hydrogens (tertiary/aromatic N) is 1. The molecule has 0 radical (unpaired) electrons. The summed E-state index contributed by atoms with van der Waals surface area (Å²) in [6.07, 6.45) is 0.825. The normalized spacial score (nSPS) is 15.7. The lowest BCUT2D eigenvalue weighted by atomic mass is 9.84. The zero-order chi connectivity index (χ0) is 29.2. The van der Waals surface area contributed by atoms with Crippen LogP contribution >= 0.6 is 0 Å². The lowest BCUT2D eigenvalue weighted by Gasteiger charge is -2.43. The van der Waals surface area contributed by atoms with Gasteiger partial charge in [-0.25, -0.2) is 0 Å². The highest BCUT2D eigenvalue weighted by Gasteiger charge is 2.43. The monoisotopic (exact) mass is 527 g/mol. The Morgan fingerprint density at radius 1 is 0.946 bits per heavy atom. The number of primary amides is 1. The first-order chi connectivity index (χ1) is 16.9. The number of hydrogen-bond acceptors (Lipinski definition) is 7. The Balaban J connectivity index is 6.14. The fourth-order valence-corrected chi connectivity index (χ4v) is 3.76. The molecule has 0 heterocycles. The largest absolute Gasteiger partial charge is 0.394 e. The van der Waals surface area contributed by atoms with E-state index >= 15 is 0 Å². The molecule has 0 aromatic heterocycles. The zero-order valence-corrected chi connectivity index (χ0v) is 23.5. The van der Waals surface area contributed by atoms with Crippen molar-refractivity contribution in [1.82, 2.24) is 20.9 Å². The van der Waals surface area contributed by atoms with Crippen LogP contribution in [0.4, 0.5) is 0 Å². The van der Waals surface area contributed by atoms with E-state index in [-0.39, 0.29) is 12.3 Å². The summed E-state index contributed by atoms with van der Waals surface area (Å²) in [4.78, 5) is 76.3. The molecule has 12 nitrogen and oxygen atoms in total. The average molecular weight is 528 g/mol. The van der Waals surface area contributed by atoms with Crippen LogP contribution in [-0.4, -0.2) is 82.6 Å². The van der Waals surface area contributed by atoms with E-state index in [2.05, 4.69) is 16.0 Å². The number of aliphatic hydroxyl groups is 1. The van der Waals surface area contributed by atoms with Crippen molar-refractivity contribution in [3.05, 3.63) is 0 Å². The summed E-state index contributed by atoms with van der Waals surface area (Å²) in [5, 5.41) is 16.6. The van der Waals surface area contributed by atoms with E-state index in [1.807, 2.05) is 13.8 Å². The molecule has 0 saturated carbocycles. The van der Waals surface area contributed by atoms with Crippen LogP contribution in [0.3, 0.4) is 0 Å². The number of nitrogens with one attached hydrogen (secondary N) is 3. The molecule has 0 saturated heterocycles. The third kappa shape index (κ3) is 10.5. The van der Waals surface area contributed by atoms with Crippen molar-refractivity contribution in [2.45, 2.75) is 98.9 Å². The van der Waals surface area contributed by atoms with Crippen molar-refractivity contribution in [2.24, 2.45) is 23.0 Å². The fourth-order valence-electron chi connectivity index (χ4n) is 3.76. The summed E-state index contributed by atoms with van der Waals surface area (Å²) in [7, 11) is 0. The number of rotatable bonds is 14. The molecule has 0 unspecified atom stereocenters. The molecule has 5 amide bonds. The van der Waals surface area contributed by atoms with Gasteiger partial charge in [0.05, 0.1) is 12.6 Å². The molecule has 0 aliphatic heterocycles. The molecule has 0 bridgehead atoms. The fraction of sp³-hybridized carbons (Fsp3) is 0.760. The van der Waals surface area contributed by atoms with Crippen LogP contribution in [0.15, 0.2) is 0 Å². The maximum Gasteiger partial charge on any atom is 0.246 e. The molecular formula is C25H45N5O7. The smallest absolute Gasteiger partial charge is 0.246 e. The predicted molar refractivity (Wildman–Crippen MR) is 138 cm³/mol. The van der Waals surface area contributed by atoms with Crippen LogP contribution in [0, 0.1) is 17.3 Å². The zero-order valence-electron chi connectivity index (χ0n) is 23.5. The second-order valence-corrected chi connectivity index (χ2v) is 11.1. The summed E-state index contributed by atoms with van der Waals surface area (Å²) < 4.78 is 0. The summed E-state index contributed by atoms with van der Waals surface area (Å²) >= 11 is 0. The number of aldehydes is 1. The predicted octanol–water partition coefficient (Wildman–Crippen LogP) is -0.529. The SMILES string of the molecule is CC(=O)N[C@@H](CO)C(=O)N[C@@H](C)C(=O)N[C@H](C(=O)N([C@@H](CC(C)C)C(N)=O)[C@H](C=O)C(C)(C)C)C(C)C. The minimum absolute atomic E-state index is 0.0227. The van der Waals surface area contributed by atoms with Gasteiger partial charge in [-0.2, -0.15) is 0 Å². The van der Waals surface area contributed by atoms with E-state index in [9.17, 15) is 33.9 Å². The van der Waals surface area contributed by atoms with E-state index < -0.39 is 77.7 Å². The number of carbonyl (C=O) groups excluding carboxylic acids is 6. The first-order valence-electron chi connectivity index (χ1n) is 12.4. The van der Waals surface area contributed by atoms with E-state index in [0.29, 0.717) is 6.29 Å². The Bertz CT molecular complexity index is 838. The Hall–Kier alpha value is -3.02. The minimum atomic E-state index is -1.25. The number of hydrogen-bond donors (Lipinski definition) is 5. The minimum Gasteiger partial charge on any atom is -0.394 e. The van der Waals surface area contributed by atoms with Gasteiger partial charge in [0, 0.05) is 6.92 Å². The van der Waals surface area contributed by atoms with Crippen molar-refractivity contribution < 1.29 is 33.9 Å². The lowest BCUT2D eigenvalue weighted by molar-refractivity contribution is -0.151. The van der Waals surface area contributed by atoms with Crippen LogP contribution in [0.2, 0.25) is 0 Å². The van der Waals surface area contributed by atoms with Crippen LogP contribution in [-0.2, 0) is 28.8 Å². The number of nitrogens with two attached hydrogens (primary N) is 1. The van der Waals surface area contributed by atoms with Gasteiger partial charge in [-0.3, -0.25) is 24.0 Å². The second-order valence-electron chi connectivity index (χ2n) is 11.1. The van der Waals surface area contributed by atoms with Gasteiger partial charge in [-0.1, -0.05) is 48.5 Å². The maximum atomic E-state index is 13.9. The van der Waals surface area contributed by atoms with Gasteiger partial charge in [0.15, 0.2) is 0 Å². The molecule has 0 aliphatic carbocycles. The van der Waals surface area contributed by atoms with Crippen molar-refractivity contribution in [3.8, 4) is 0 Å². The van der Waals surface area contributed by atoms with Gasteiger partial charge < -0.3 is 36.5 Å². The molecule has 37 heavy (non-hydrogen) atoms. The van der Waals surface area contributed by atoms with Crippen molar-refractivity contribution in [1.29, 1.82) is 0 Å². The van der Waals surface area contributed by atoms with Crippen molar-refractivity contribution in [3.63, 3.8) is 0 Å². The van der Waals surface area contributed by atoms with Crippen LogP contribution in [0.25, 0.3) is 0 Å². The quantitative estimate of drug-likeness (QED) is 0.188. The van der Waals surface area contributed by atoms with Crippen LogP contribution in [0.1, 0.15) is 68.7 Å². The van der Waals surface area contributed by atoms with E-state index in [4.69, 9.17) is 5.73 Å². The second kappa shape index (κ2) is 14.7. The van der Waals surface area contributed by atoms with Crippen molar-refractivity contribution >= 4 is 35.8 Å². The maximum absolute atomic E-state index is 13.9. The third-order valence-electron chi connectivity index (χ3n) is 5.79. The Kier molecular flexibility index (Phi) is 13.5. The first kappa shape index (κ1) is 34.0. The highest BCUT2D eigenvalue weighted by atomic mass is 16.3. The highest BCUT2D eigenvalue weighted by Crippen LogP contribution is 2.28. The Morgan fingerprint density at radius 2 is 1.49 bits per heavy atom. The highest BCUT2D eigenvalue weighted by molar-refractivity contribution is 5.96. The molecule has 0 aromatic rings. The molecule has 5 atom stereocenters. The number of carbonyl (C=O) groups is 6. The van der Waals surface area contributed by atoms with Crippen molar-refractivity contribution in [2.75, 3.05) is 6.61 Å². The van der Waals surface area contributed by atoms with Gasteiger partial charge in [0.25, 0.3) is 0 Å². The lowest BCUT2D eigenvalue weighted by Crippen LogP contribution is -2.64. The van der Waals surface area contributed by atoms with Gasteiger partial charge in [-0.15, -0.1) is 0 Å². The molecule has 0 rings (SSSR count). The van der Waals surface area contributed by atoms with Gasteiger partial charge in [-0.05, 0) is 30.6 Å². The number of aliphatic hydroxyl groups excluding tert-OH is 1. The van der Waals surface area contributed by atoms with Gasteiger partial charge in [0.1, 0.15) is 30.5 Å². The topological polar surface area (TPSA) is 188 Å². The molecule has 12 heteroatoms. The standard InChI is InChI=1S/C25H45N5O7/c1-13(2)10-18(21(26)34)30(19(12-32)25(7,8)9)24(37)20(14(3)4)29-22(35)15(5)27-23(36)17(11-31)28-16(6)33/h12-15,17-20,31H,10-11H2,1-9H3,(H2,26,34)(H,27,36)(H,28,33)(H,29,35)/t15-,17-,18-,19+,20-/m0/s1. The van der Waals surface area contributed by atoms with E-state index in [1.165, 1.54) is 18.7 Å². The average Bonchev–Trinajstić information content (AvgIpc) is 2.75. The number of amides is 5. The third-order valence-corrected chi connectivity index (χ3v) is 5.79. The van der Waals surface area contributed by atoms with Gasteiger partial charge >= 0.3 is 0 Å². The molecule has 0 aromatic carbocycles. The van der Waals surface area contributed by atoms with E-state index in [0.717, 1.165) is 0 Å². The summed E-state index contributed by atoms with van der Waals surface area (Å²) in [6, 6.07) is -5.62. The molecule has 0 aliphatic rings. The summed E-state index contributed by atoms with van der Waals surface area (Å²) in [6.45, 7) is 14.3. The molecule has 212 valence electrons. The van der Waals surface area contributed by atoms with Crippen LogP contribution < -0.4 is 21.7 Å².